The lowest BCUT2D eigenvalue weighted by Gasteiger charge is -2.09. The van der Waals surface area contributed by atoms with Crippen LogP contribution in [-0.2, 0) is 0 Å². The van der Waals surface area contributed by atoms with Crippen LogP contribution in [0.25, 0.3) is 0 Å². The van der Waals surface area contributed by atoms with E-state index in [9.17, 15) is 4.79 Å². The molecule has 0 heterocycles. The molecule has 2 atom stereocenters. The number of hydrogen-bond acceptors (Lipinski definition) is 2. The third-order valence-electron chi connectivity index (χ3n) is 2.26. The van der Waals surface area contributed by atoms with Gasteiger partial charge in [0.1, 0.15) is 17.8 Å². The molecule has 0 spiro atoms. The highest BCUT2D eigenvalue weighted by Crippen LogP contribution is 2.21. The Kier molecular flexibility index (Phi) is 3.89. The molecule has 0 aliphatic heterocycles. The van der Waals surface area contributed by atoms with E-state index in [0.29, 0.717) is 11.3 Å². The van der Waals surface area contributed by atoms with Gasteiger partial charge in [0.05, 0.1) is 0 Å². The minimum absolute atomic E-state index is 0.607. The van der Waals surface area contributed by atoms with E-state index in [1.807, 2.05) is 24.3 Å². The van der Waals surface area contributed by atoms with E-state index in [4.69, 9.17) is 4.74 Å². The Morgan fingerprint density at radius 1 is 1.06 bits per heavy atom. The summed E-state index contributed by atoms with van der Waals surface area (Å²) < 4.78 is 5.72. The minimum atomic E-state index is 0.607. The van der Waals surface area contributed by atoms with Crippen LogP contribution in [0.4, 0.5) is 0 Å². The maximum Gasteiger partial charge on any atom is 0.150 e. The SMILES string of the molecule is O=Cc1cccc(Oc2ccc(P)cc2P)c1. The number of carbonyl (C=O) groups is 1. The second-order valence-corrected chi connectivity index (χ2v) is 4.88. The van der Waals surface area contributed by atoms with E-state index in [1.165, 1.54) is 0 Å². The fourth-order valence-corrected chi connectivity index (χ4v) is 2.25. The predicted molar refractivity (Wildman–Crippen MR) is 77.0 cm³/mol. The van der Waals surface area contributed by atoms with Crippen molar-refractivity contribution in [1.82, 2.24) is 0 Å². The Balaban J connectivity index is 2.27. The van der Waals surface area contributed by atoms with Crippen LogP contribution < -0.4 is 15.3 Å². The van der Waals surface area contributed by atoms with Gasteiger partial charge in [-0.25, -0.2) is 0 Å². The average molecular weight is 262 g/mol. The van der Waals surface area contributed by atoms with Crippen molar-refractivity contribution in [3.05, 3.63) is 48.0 Å². The van der Waals surface area contributed by atoms with E-state index in [-0.39, 0.29) is 0 Å². The molecule has 0 aliphatic carbocycles. The van der Waals surface area contributed by atoms with Gasteiger partial charge in [-0.05, 0) is 29.6 Å². The third kappa shape index (κ3) is 3.12. The molecule has 2 nitrogen and oxygen atoms in total. The van der Waals surface area contributed by atoms with E-state index in [0.717, 1.165) is 22.6 Å². The van der Waals surface area contributed by atoms with Gasteiger partial charge in [0.25, 0.3) is 0 Å². The molecule has 0 amide bonds. The van der Waals surface area contributed by atoms with E-state index in [2.05, 4.69) is 18.5 Å². The topological polar surface area (TPSA) is 26.3 Å². The monoisotopic (exact) mass is 262 g/mol. The maximum absolute atomic E-state index is 10.7. The molecule has 2 rings (SSSR count). The van der Waals surface area contributed by atoms with Crippen molar-refractivity contribution in [2.75, 3.05) is 0 Å². The predicted octanol–water partition coefficient (Wildman–Crippen LogP) is 2.29. The van der Waals surface area contributed by atoms with Gasteiger partial charge in [0.2, 0.25) is 0 Å². The molecule has 2 aromatic rings. The van der Waals surface area contributed by atoms with Crippen LogP contribution >= 0.6 is 18.5 Å². The Morgan fingerprint density at radius 3 is 2.59 bits per heavy atom. The first-order chi connectivity index (χ1) is 8.19. The van der Waals surface area contributed by atoms with Gasteiger partial charge >= 0.3 is 0 Å². The largest absolute Gasteiger partial charge is 0.457 e. The van der Waals surface area contributed by atoms with Gasteiger partial charge in [-0.15, -0.1) is 18.5 Å². The van der Waals surface area contributed by atoms with Crippen LogP contribution in [0.5, 0.6) is 11.5 Å². The van der Waals surface area contributed by atoms with E-state index >= 15 is 0 Å². The Morgan fingerprint density at radius 2 is 1.88 bits per heavy atom. The van der Waals surface area contributed by atoms with Gasteiger partial charge < -0.3 is 4.74 Å². The number of carbonyl (C=O) groups excluding carboxylic acids is 1. The number of hydrogen-bond donors (Lipinski definition) is 0. The van der Waals surface area contributed by atoms with Crippen molar-refractivity contribution in [2.45, 2.75) is 0 Å². The highest BCUT2D eigenvalue weighted by atomic mass is 31.0. The van der Waals surface area contributed by atoms with Gasteiger partial charge in [0, 0.05) is 10.9 Å². The van der Waals surface area contributed by atoms with Crippen molar-refractivity contribution in [3.8, 4) is 11.5 Å². The number of benzene rings is 2. The summed E-state index contributed by atoms with van der Waals surface area (Å²) in [7, 11) is 5.27. The Labute approximate surface area is 105 Å². The first-order valence-electron chi connectivity index (χ1n) is 5.07. The first-order valence-corrected chi connectivity index (χ1v) is 6.22. The first kappa shape index (κ1) is 12.2. The average Bonchev–Trinajstić information content (AvgIpc) is 2.33. The van der Waals surface area contributed by atoms with Crippen molar-refractivity contribution >= 4 is 35.4 Å². The Hall–Kier alpha value is -1.23. The second-order valence-electron chi connectivity index (χ2n) is 3.59. The number of rotatable bonds is 3. The molecule has 0 saturated heterocycles. The zero-order valence-electron chi connectivity index (χ0n) is 9.09. The molecule has 0 fully saturated rings. The molecule has 0 saturated carbocycles. The van der Waals surface area contributed by atoms with Crippen LogP contribution in [0.2, 0.25) is 0 Å². The summed E-state index contributed by atoms with van der Waals surface area (Å²) in [5, 5.41) is 2.08. The summed E-state index contributed by atoms with van der Waals surface area (Å²) in [6, 6.07) is 12.9. The van der Waals surface area contributed by atoms with Crippen molar-refractivity contribution in [1.29, 1.82) is 0 Å². The minimum Gasteiger partial charge on any atom is -0.457 e. The van der Waals surface area contributed by atoms with Gasteiger partial charge in [-0.3, -0.25) is 4.79 Å². The van der Waals surface area contributed by atoms with Gasteiger partial charge in [-0.1, -0.05) is 18.2 Å². The lowest BCUT2D eigenvalue weighted by molar-refractivity contribution is 0.112. The quantitative estimate of drug-likeness (QED) is 0.626. The number of ether oxygens (including phenoxy) is 1. The molecular formula is C13H12O2P2. The molecule has 4 heteroatoms. The Bertz CT molecular complexity index is 553. The second kappa shape index (κ2) is 5.40. The van der Waals surface area contributed by atoms with E-state index < -0.39 is 0 Å². The molecule has 0 radical (unpaired) electrons. The van der Waals surface area contributed by atoms with Gasteiger partial charge in [0.15, 0.2) is 0 Å². The van der Waals surface area contributed by atoms with Gasteiger partial charge in [-0.2, -0.15) is 0 Å². The summed E-state index contributed by atoms with van der Waals surface area (Å²) in [6.45, 7) is 0. The molecule has 2 aromatic carbocycles. The smallest absolute Gasteiger partial charge is 0.150 e. The summed E-state index contributed by atoms with van der Waals surface area (Å²) in [4.78, 5) is 10.7. The van der Waals surface area contributed by atoms with E-state index in [1.54, 1.807) is 18.2 Å². The molecular weight excluding hydrogens is 250 g/mol. The molecule has 0 bridgehead atoms. The molecule has 86 valence electrons. The lowest BCUT2D eigenvalue weighted by atomic mass is 10.2. The van der Waals surface area contributed by atoms with Crippen LogP contribution in [0, 0.1) is 0 Å². The third-order valence-corrected chi connectivity index (χ3v) is 3.07. The van der Waals surface area contributed by atoms with Crippen molar-refractivity contribution < 1.29 is 9.53 Å². The highest BCUT2D eigenvalue weighted by molar-refractivity contribution is 7.29. The maximum atomic E-state index is 10.7. The fraction of sp³-hybridized carbons (Fsp3) is 0. The zero-order valence-corrected chi connectivity index (χ0v) is 11.4. The summed E-state index contributed by atoms with van der Waals surface area (Å²) in [5.74, 6) is 1.43. The van der Waals surface area contributed by atoms with Crippen LogP contribution in [-0.4, -0.2) is 6.29 Å². The summed E-state index contributed by atoms with van der Waals surface area (Å²) in [6.07, 6.45) is 0.806. The van der Waals surface area contributed by atoms with Crippen molar-refractivity contribution in [3.63, 3.8) is 0 Å². The molecule has 0 aromatic heterocycles. The van der Waals surface area contributed by atoms with Crippen LogP contribution in [0.3, 0.4) is 0 Å². The summed E-state index contributed by atoms with van der Waals surface area (Å²) >= 11 is 0. The summed E-state index contributed by atoms with van der Waals surface area (Å²) in [5.41, 5.74) is 0.607. The standard InChI is InChI=1S/C13H12O2P2/c14-8-9-2-1-3-10(6-9)15-12-5-4-11(16)7-13(12)17/h1-8H,16-17H2. The molecule has 2 unspecified atom stereocenters. The van der Waals surface area contributed by atoms with Crippen LogP contribution in [0.1, 0.15) is 10.4 Å². The van der Waals surface area contributed by atoms with Crippen molar-refractivity contribution in [2.24, 2.45) is 0 Å². The molecule has 0 aliphatic rings. The molecule has 0 N–H and O–H groups in total. The lowest BCUT2D eigenvalue weighted by Crippen LogP contribution is -2.03. The fourth-order valence-electron chi connectivity index (χ4n) is 1.44. The molecule has 17 heavy (non-hydrogen) atoms. The highest BCUT2D eigenvalue weighted by Gasteiger charge is 2.02. The number of aldehydes is 1. The van der Waals surface area contributed by atoms with Crippen LogP contribution in [0.15, 0.2) is 42.5 Å². The normalized spacial score (nSPS) is 10.0. The zero-order chi connectivity index (χ0) is 12.3.